The fourth-order valence-electron chi connectivity index (χ4n) is 3.70. The molecule has 174 valence electrons. The van der Waals surface area contributed by atoms with E-state index in [-0.39, 0.29) is 53.2 Å². The quantitative estimate of drug-likeness (QED) is 0.439. The number of carbonyl (C=O) groups excluding carboxylic acids is 2. The lowest BCUT2D eigenvalue weighted by molar-refractivity contribution is -0.136. The summed E-state index contributed by atoms with van der Waals surface area (Å²) in [5.74, 6) is -3.09. The Bertz CT molecular complexity index is 1180. The Morgan fingerprint density at radius 2 is 1.91 bits per heavy atom. The molecular weight excluding hydrogens is 449 g/mol. The summed E-state index contributed by atoms with van der Waals surface area (Å²) in [5, 5.41) is 2.51. The minimum atomic E-state index is -4.70. The van der Waals surface area contributed by atoms with Crippen LogP contribution < -0.4 is 5.32 Å². The summed E-state index contributed by atoms with van der Waals surface area (Å²) in [7, 11) is 0. The Balaban J connectivity index is 1.63. The van der Waals surface area contributed by atoms with Crippen molar-refractivity contribution in [3.63, 3.8) is 0 Å². The normalized spacial score (nSPS) is 16.1. The molecule has 1 fully saturated rings. The minimum absolute atomic E-state index is 0.0672. The van der Waals surface area contributed by atoms with Crippen molar-refractivity contribution in [3.8, 4) is 11.3 Å². The van der Waals surface area contributed by atoms with Crippen molar-refractivity contribution < 1.29 is 36.0 Å². The lowest BCUT2D eigenvalue weighted by atomic mass is 10.0. The van der Waals surface area contributed by atoms with Gasteiger partial charge in [-0.2, -0.15) is 13.2 Å². The Morgan fingerprint density at radius 3 is 2.52 bits per heavy atom. The van der Waals surface area contributed by atoms with Gasteiger partial charge in [0.2, 0.25) is 6.41 Å². The van der Waals surface area contributed by atoms with E-state index in [0.717, 1.165) is 6.07 Å². The van der Waals surface area contributed by atoms with Gasteiger partial charge in [-0.05, 0) is 30.3 Å². The van der Waals surface area contributed by atoms with Gasteiger partial charge in [0.25, 0.3) is 11.8 Å². The molecular formula is C22H18F5N3O3. The molecule has 3 heterocycles. The fourth-order valence-corrected chi connectivity index (χ4v) is 3.70. The van der Waals surface area contributed by atoms with Crippen molar-refractivity contribution in [2.75, 3.05) is 13.1 Å². The third-order valence-corrected chi connectivity index (χ3v) is 5.42. The number of likely N-dealkylation sites (tertiary alicyclic amines) is 1. The van der Waals surface area contributed by atoms with E-state index in [0.29, 0.717) is 6.41 Å². The molecule has 33 heavy (non-hydrogen) atoms. The van der Waals surface area contributed by atoms with Gasteiger partial charge in [-0.25, -0.2) is 8.78 Å². The van der Waals surface area contributed by atoms with Crippen molar-refractivity contribution in [2.24, 2.45) is 0 Å². The summed E-state index contributed by atoms with van der Waals surface area (Å²) in [5.41, 5.74) is -0.849. The van der Waals surface area contributed by atoms with Crippen LogP contribution in [0.4, 0.5) is 22.0 Å². The van der Waals surface area contributed by atoms with Gasteiger partial charge in [0.15, 0.2) is 0 Å². The number of furan rings is 1. The van der Waals surface area contributed by atoms with Gasteiger partial charge in [0.05, 0.1) is 23.4 Å². The monoisotopic (exact) mass is 467 g/mol. The molecule has 0 spiro atoms. The predicted molar refractivity (Wildman–Crippen MR) is 107 cm³/mol. The molecule has 1 N–H and O–H groups in total. The van der Waals surface area contributed by atoms with Crippen LogP contribution in [0, 0.1) is 0 Å². The number of carbonyl (C=O) groups is 2. The highest BCUT2D eigenvalue weighted by Gasteiger charge is 2.36. The molecule has 11 heteroatoms. The largest absolute Gasteiger partial charge is 0.459 e. The molecule has 0 aliphatic carbocycles. The number of rotatable bonds is 5. The third kappa shape index (κ3) is 4.81. The van der Waals surface area contributed by atoms with Gasteiger partial charge in [-0.1, -0.05) is 0 Å². The third-order valence-electron chi connectivity index (χ3n) is 5.42. The molecule has 3 aromatic rings. The van der Waals surface area contributed by atoms with Crippen LogP contribution in [0.3, 0.4) is 0 Å². The van der Waals surface area contributed by atoms with Gasteiger partial charge in [0, 0.05) is 43.1 Å². The van der Waals surface area contributed by atoms with E-state index in [2.05, 4.69) is 10.3 Å². The molecule has 1 aliphatic heterocycles. The number of fused-ring (bicyclic) bond motifs is 1. The van der Waals surface area contributed by atoms with Gasteiger partial charge in [-0.3, -0.25) is 14.6 Å². The number of alkyl halides is 5. The first-order chi connectivity index (χ1) is 15.6. The van der Waals surface area contributed by atoms with Crippen molar-refractivity contribution in [2.45, 2.75) is 31.5 Å². The number of piperidine rings is 1. The standard InChI is InChI=1S/C22H18F5N3O3/c23-21(24)3-5-30(6-4-21)20(32)13-1-2-18(29-10-13)14-7-15-8-16(11-28-12-31)33-19(15)17(9-14)22(25,26)27/h1-2,7-10,12H,3-6,11H2,(H,28,31). The summed E-state index contributed by atoms with van der Waals surface area (Å²) < 4.78 is 72.9. The molecule has 0 radical (unpaired) electrons. The lowest BCUT2D eigenvalue weighted by Gasteiger charge is -2.31. The van der Waals surface area contributed by atoms with Crippen molar-refractivity contribution in [3.05, 3.63) is 53.4 Å². The average Bonchev–Trinajstić information content (AvgIpc) is 3.18. The summed E-state index contributed by atoms with van der Waals surface area (Å²) in [4.78, 5) is 28.5. The maximum Gasteiger partial charge on any atom is 0.420 e. The van der Waals surface area contributed by atoms with Gasteiger partial charge >= 0.3 is 6.18 Å². The van der Waals surface area contributed by atoms with Crippen LogP contribution in [0.5, 0.6) is 0 Å². The van der Waals surface area contributed by atoms with E-state index in [1.807, 2.05) is 0 Å². The number of nitrogens with zero attached hydrogens (tertiary/aromatic N) is 2. The van der Waals surface area contributed by atoms with Crippen molar-refractivity contribution >= 4 is 23.3 Å². The number of aromatic nitrogens is 1. The molecule has 4 rings (SSSR count). The van der Waals surface area contributed by atoms with Gasteiger partial charge in [0.1, 0.15) is 11.3 Å². The SMILES string of the molecule is O=CNCc1cc2cc(-c3ccc(C(=O)N4CCC(F)(F)CC4)cn3)cc(C(F)(F)F)c2o1. The highest BCUT2D eigenvalue weighted by Crippen LogP contribution is 2.39. The topological polar surface area (TPSA) is 75.4 Å². The second-order valence-corrected chi connectivity index (χ2v) is 7.73. The van der Waals surface area contributed by atoms with E-state index in [1.54, 1.807) is 0 Å². The van der Waals surface area contributed by atoms with Gasteiger partial charge in [-0.15, -0.1) is 0 Å². The van der Waals surface area contributed by atoms with Crippen LogP contribution in [0.25, 0.3) is 22.2 Å². The van der Waals surface area contributed by atoms with E-state index in [4.69, 9.17) is 4.42 Å². The lowest BCUT2D eigenvalue weighted by Crippen LogP contribution is -2.42. The summed E-state index contributed by atoms with van der Waals surface area (Å²) in [6.45, 7) is -0.232. The van der Waals surface area contributed by atoms with Crippen LogP contribution in [0.15, 0.2) is 40.9 Å². The highest BCUT2D eigenvalue weighted by atomic mass is 19.4. The predicted octanol–water partition coefficient (Wildman–Crippen LogP) is 4.63. The number of benzene rings is 1. The Hall–Kier alpha value is -3.50. The molecule has 0 bridgehead atoms. The fraction of sp³-hybridized carbons (Fsp3) is 0.318. The number of halogens is 5. The average molecular weight is 467 g/mol. The number of hydrogen-bond acceptors (Lipinski definition) is 4. The van der Waals surface area contributed by atoms with E-state index < -0.39 is 36.4 Å². The first-order valence-corrected chi connectivity index (χ1v) is 10.0. The number of pyridine rings is 1. The molecule has 1 saturated heterocycles. The van der Waals surface area contributed by atoms with E-state index >= 15 is 0 Å². The van der Waals surface area contributed by atoms with E-state index in [9.17, 15) is 31.5 Å². The summed E-state index contributed by atoms with van der Waals surface area (Å²) in [6, 6.07) is 6.58. The number of nitrogens with one attached hydrogen (secondary N) is 1. The Kier molecular flexibility index (Phi) is 5.81. The Morgan fingerprint density at radius 1 is 1.18 bits per heavy atom. The Labute approximate surface area is 184 Å². The maximum absolute atomic E-state index is 13.6. The van der Waals surface area contributed by atoms with Crippen LogP contribution in [-0.4, -0.2) is 41.2 Å². The van der Waals surface area contributed by atoms with Crippen molar-refractivity contribution in [1.29, 1.82) is 0 Å². The van der Waals surface area contributed by atoms with Crippen LogP contribution in [-0.2, 0) is 17.5 Å². The van der Waals surface area contributed by atoms with Crippen LogP contribution in [0.1, 0.15) is 34.5 Å². The van der Waals surface area contributed by atoms with Crippen molar-refractivity contribution in [1.82, 2.24) is 15.2 Å². The molecule has 0 saturated carbocycles. The molecule has 1 aromatic carbocycles. The minimum Gasteiger partial charge on any atom is -0.459 e. The second-order valence-electron chi connectivity index (χ2n) is 7.73. The van der Waals surface area contributed by atoms with Crippen LogP contribution in [0.2, 0.25) is 0 Å². The second kappa shape index (κ2) is 8.45. The molecule has 0 unspecified atom stereocenters. The number of amides is 2. The zero-order valence-electron chi connectivity index (χ0n) is 17.1. The first-order valence-electron chi connectivity index (χ1n) is 10.0. The van der Waals surface area contributed by atoms with E-state index in [1.165, 1.54) is 35.4 Å². The molecule has 6 nitrogen and oxygen atoms in total. The molecule has 1 aliphatic rings. The van der Waals surface area contributed by atoms with Crippen LogP contribution >= 0.6 is 0 Å². The number of hydrogen-bond donors (Lipinski definition) is 1. The zero-order chi connectivity index (χ0) is 23.8. The summed E-state index contributed by atoms with van der Waals surface area (Å²) in [6.07, 6.45) is -3.91. The molecule has 0 atom stereocenters. The maximum atomic E-state index is 13.6. The molecule has 2 aromatic heterocycles. The smallest absolute Gasteiger partial charge is 0.420 e. The summed E-state index contributed by atoms with van der Waals surface area (Å²) >= 11 is 0. The first kappa shape index (κ1) is 22.7. The zero-order valence-corrected chi connectivity index (χ0v) is 17.1. The van der Waals surface area contributed by atoms with Gasteiger partial charge < -0.3 is 14.6 Å². The highest BCUT2D eigenvalue weighted by molar-refractivity contribution is 5.94. The molecule has 2 amide bonds.